The van der Waals surface area contributed by atoms with Gasteiger partial charge in [0.2, 0.25) is 0 Å². The maximum absolute atomic E-state index is 11.7. The number of phenols is 1. The van der Waals surface area contributed by atoms with Crippen molar-refractivity contribution in [2.45, 2.75) is 6.92 Å². The molecule has 0 spiro atoms. The lowest BCUT2D eigenvalue weighted by Crippen LogP contribution is -2.20. The van der Waals surface area contributed by atoms with Crippen LogP contribution in [0.15, 0.2) is 42.5 Å². The van der Waals surface area contributed by atoms with Crippen LogP contribution in [0, 0.1) is 6.92 Å². The van der Waals surface area contributed by atoms with E-state index < -0.39 is 18.5 Å². The number of nitrogens with one attached hydrogen (secondary N) is 1. The molecule has 0 aromatic heterocycles. The maximum Gasteiger partial charge on any atom is 0.338 e. The van der Waals surface area contributed by atoms with Crippen LogP contribution in [-0.4, -0.2) is 23.6 Å². The van der Waals surface area contributed by atoms with E-state index in [0.717, 1.165) is 5.56 Å². The van der Waals surface area contributed by atoms with Crippen LogP contribution < -0.4 is 5.32 Å². The second-order valence-corrected chi connectivity index (χ2v) is 5.05. The Balaban J connectivity index is 1.90. The second kappa shape index (κ2) is 6.95. The average Bonchev–Trinajstić information content (AvgIpc) is 2.48. The zero-order valence-electron chi connectivity index (χ0n) is 11.8. The third kappa shape index (κ3) is 4.23. The highest BCUT2D eigenvalue weighted by molar-refractivity contribution is 6.31. The number of carbonyl (C=O) groups is 2. The number of aromatic hydroxyl groups is 1. The second-order valence-electron chi connectivity index (χ2n) is 4.64. The number of rotatable bonds is 4. The molecule has 1 amide bonds. The van der Waals surface area contributed by atoms with Gasteiger partial charge in [-0.2, -0.15) is 0 Å². The fraction of sp³-hybridized carbons (Fsp3) is 0.125. The molecule has 0 radical (unpaired) electrons. The SMILES string of the molecule is Cc1ccc(NC(=O)COC(=O)c2cccc(O)c2)cc1Cl. The van der Waals surface area contributed by atoms with Crippen molar-refractivity contribution in [1.29, 1.82) is 0 Å². The molecule has 0 aliphatic heterocycles. The summed E-state index contributed by atoms with van der Waals surface area (Å²) in [5.74, 6) is -1.21. The fourth-order valence-electron chi connectivity index (χ4n) is 1.71. The molecular weight excluding hydrogens is 306 g/mol. The molecule has 2 N–H and O–H groups in total. The van der Waals surface area contributed by atoms with Gasteiger partial charge in [-0.15, -0.1) is 0 Å². The van der Waals surface area contributed by atoms with Crippen molar-refractivity contribution in [3.8, 4) is 5.75 Å². The van der Waals surface area contributed by atoms with E-state index >= 15 is 0 Å². The third-order valence-corrected chi connectivity index (χ3v) is 3.28. The lowest BCUT2D eigenvalue weighted by Gasteiger charge is -2.08. The van der Waals surface area contributed by atoms with E-state index in [1.807, 2.05) is 6.92 Å². The van der Waals surface area contributed by atoms with Crippen LogP contribution in [0.4, 0.5) is 5.69 Å². The average molecular weight is 320 g/mol. The molecule has 0 aliphatic carbocycles. The van der Waals surface area contributed by atoms with Crippen molar-refractivity contribution >= 4 is 29.2 Å². The summed E-state index contributed by atoms with van der Waals surface area (Å²) in [7, 11) is 0. The van der Waals surface area contributed by atoms with Crippen molar-refractivity contribution < 1.29 is 19.4 Å². The van der Waals surface area contributed by atoms with Crippen LogP contribution in [0.2, 0.25) is 5.02 Å². The third-order valence-electron chi connectivity index (χ3n) is 2.87. The molecule has 114 valence electrons. The van der Waals surface area contributed by atoms with E-state index in [0.29, 0.717) is 10.7 Å². The molecule has 0 aliphatic rings. The Kier molecular flexibility index (Phi) is 5.01. The number of carbonyl (C=O) groups excluding carboxylic acids is 2. The van der Waals surface area contributed by atoms with E-state index in [2.05, 4.69) is 5.32 Å². The Bertz CT molecular complexity index is 715. The van der Waals surface area contributed by atoms with Gasteiger partial charge in [-0.1, -0.05) is 23.7 Å². The summed E-state index contributed by atoms with van der Waals surface area (Å²) in [6.45, 7) is 1.42. The van der Waals surface area contributed by atoms with Gasteiger partial charge < -0.3 is 15.2 Å². The number of phenolic OH excluding ortho intramolecular Hbond substituents is 1. The van der Waals surface area contributed by atoms with Gasteiger partial charge in [0, 0.05) is 10.7 Å². The molecule has 0 saturated carbocycles. The number of hydrogen-bond acceptors (Lipinski definition) is 4. The molecule has 0 unspecified atom stereocenters. The van der Waals surface area contributed by atoms with Gasteiger partial charge in [0.25, 0.3) is 5.91 Å². The van der Waals surface area contributed by atoms with E-state index in [-0.39, 0.29) is 11.3 Å². The fourth-order valence-corrected chi connectivity index (χ4v) is 1.90. The molecule has 5 nitrogen and oxygen atoms in total. The van der Waals surface area contributed by atoms with Crippen molar-refractivity contribution in [3.05, 3.63) is 58.6 Å². The first-order valence-electron chi connectivity index (χ1n) is 6.48. The first kappa shape index (κ1) is 15.9. The highest BCUT2D eigenvalue weighted by atomic mass is 35.5. The lowest BCUT2D eigenvalue weighted by molar-refractivity contribution is -0.119. The molecule has 0 fully saturated rings. The number of halogens is 1. The van der Waals surface area contributed by atoms with Crippen LogP contribution in [0.5, 0.6) is 5.75 Å². The van der Waals surface area contributed by atoms with Crippen molar-refractivity contribution in [1.82, 2.24) is 0 Å². The topological polar surface area (TPSA) is 75.6 Å². The Morgan fingerprint density at radius 1 is 1.23 bits per heavy atom. The largest absolute Gasteiger partial charge is 0.508 e. The van der Waals surface area contributed by atoms with E-state index in [1.54, 1.807) is 18.2 Å². The summed E-state index contributed by atoms with van der Waals surface area (Å²) >= 11 is 5.96. The number of esters is 1. The quantitative estimate of drug-likeness (QED) is 0.849. The van der Waals surface area contributed by atoms with Crippen LogP contribution in [-0.2, 0) is 9.53 Å². The number of anilines is 1. The molecule has 0 atom stereocenters. The first-order chi connectivity index (χ1) is 10.5. The molecule has 2 aromatic rings. The van der Waals surface area contributed by atoms with Gasteiger partial charge in [-0.05, 0) is 42.8 Å². The first-order valence-corrected chi connectivity index (χ1v) is 6.85. The van der Waals surface area contributed by atoms with Gasteiger partial charge in [0.1, 0.15) is 5.75 Å². The van der Waals surface area contributed by atoms with Crippen LogP contribution in [0.3, 0.4) is 0 Å². The minimum absolute atomic E-state index is 0.0480. The van der Waals surface area contributed by atoms with E-state index in [4.69, 9.17) is 16.3 Å². The molecule has 0 saturated heterocycles. The Morgan fingerprint density at radius 2 is 2.00 bits per heavy atom. The Morgan fingerprint density at radius 3 is 2.68 bits per heavy atom. The molecule has 22 heavy (non-hydrogen) atoms. The summed E-state index contributed by atoms with van der Waals surface area (Å²) in [5, 5.41) is 12.4. The Hall–Kier alpha value is -2.53. The molecule has 0 heterocycles. The zero-order chi connectivity index (χ0) is 16.1. The monoisotopic (exact) mass is 319 g/mol. The van der Waals surface area contributed by atoms with E-state index in [1.165, 1.54) is 24.3 Å². The molecule has 2 rings (SSSR count). The summed E-state index contributed by atoms with van der Waals surface area (Å²) in [6, 6.07) is 10.8. The van der Waals surface area contributed by atoms with Crippen LogP contribution >= 0.6 is 11.6 Å². The zero-order valence-corrected chi connectivity index (χ0v) is 12.6. The number of benzene rings is 2. The van der Waals surface area contributed by atoms with Crippen molar-refractivity contribution in [2.75, 3.05) is 11.9 Å². The van der Waals surface area contributed by atoms with Gasteiger partial charge in [0.05, 0.1) is 5.56 Å². The van der Waals surface area contributed by atoms with Gasteiger partial charge in [0.15, 0.2) is 6.61 Å². The number of hydrogen-bond donors (Lipinski definition) is 2. The molecule has 2 aromatic carbocycles. The predicted octanol–water partition coefficient (Wildman–Crippen LogP) is 3.15. The molecule has 0 bridgehead atoms. The summed E-state index contributed by atoms with van der Waals surface area (Å²) in [6.07, 6.45) is 0. The van der Waals surface area contributed by atoms with Gasteiger partial charge in [-0.3, -0.25) is 4.79 Å². The highest BCUT2D eigenvalue weighted by Gasteiger charge is 2.11. The minimum Gasteiger partial charge on any atom is -0.508 e. The predicted molar refractivity (Wildman–Crippen MR) is 83.2 cm³/mol. The molecule has 6 heteroatoms. The van der Waals surface area contributed by atoms with Gasteiger partial charge in [-0.25, -0.2) is 4.79 Å². The highest BCUT2D eigenvalue weighted by Crippen LogP contribution is 2.19. The standard InChI is InChI=1S/C16H14ClNO4/c1-10-5-6-12(8-14(10)17)18-15(20)9-22-16(21)11-3-2-4-13(19)7-11/h2-8,19H,9H2,1H3,(H,18,20). The summed E-state index contributed by atoms with van der Waals surface area (Å²) < 4.78 is 4.88. The lowest BCUT2D eigenvalue weighted by atomic mass is 10.2. The minimum atomic E-state index is -0.687. The number of amides is 1. The van der Waals surface area contributed by atoms with Crippen molar-refractivity contribution in [3.63, 3.8) is 0 Å². The summed E-state index contributed by atoms with van der Waals surface area (Å²) in [4.78, 5) is 23.4. The van der Waals surface area contributed by atoms with Gasteiger partial charge >= 0.3 is 5.97 Å². The maximum atomic E-state index is 11.7. The Labute approximate surface area is 132 Å². The number of aryl methyl sites for hydroxylation is 1. The van der Waals surface area contributed by atoms with Crippen molar-refractivity contribution in [2.24, 2.45) is 0 Å². The number of ether oxygens (including phenoxy) is 1. The van der Waals surface area contributed by atoms with E-state index in [9.17, 15) is 14.7 Å². The molecular formula is C16H14ClNO4. The van der Waals surface area contributed by atoms with Crippen LogP contribution in [0.25, 0.3) is 0 Å². The summed E-state index contributed by atoms with van der Waals surface area (Å²) in [5.41, 5.74) is 1.59. The normalized spacial score (nSPS) is 10.1. The smallest absolute Gasteiger partial charge is 0.338 e. The van der Waals surface area contributed by atoms with Crippen LogP contribution in [0.1, 0.15) is 15.9 Å².